The number of carbonyl (C=O) groups excluding carboxylic acids is 2. The third kappa shape index (κ3) is 3.86. The summed E-state index contributed by atoms with van der Waals surface area (Å²) in [6.45, 7) is 4.22. The number of amides is 2. The molecule has 2 saturated heterocycles. The number of aromatic nitrogens is 5. The van der Waals surface area contributed by atoms with Crippen molar-refractivity contribution < 1.29 is 9.59 Å². The van der Waals surface area contributed by atoms with Crippen LogP contribution in [0.15, 0.2) is 25.0 Å². The highest BCUT2D eigenvalue weighted by Crippen LogP contribution is 2.31. The van der Waals surface area contributed by atoms with Crippen molar-refractivity contribution in [3.63, 3.8) is 0 Å². The van der Waals surface area contributed by atoms with E-state index in [2.05, 4.69) is 25.0 Å². The van der Waals surface area contributed by atoms with E-state index in [9.17, 15) is 9.59 Å². The highest BCUT2D eigenvalue weighted by Gasteiger charge is 2.36. The number of hydrogen-bond donors (Lipinski definition) is 0. The molecule has 2 aromatic rings. The van der Waals surface area contributed by atoms with Crippen LogP contribution in [0.4, 0.5) is 5.82 Å². The molecule has 0 unspecified atom stereocenters. The predicted molar refractivity (Wildman–Crippen MR) is 108 cm³/mol. The highest BCUT2D eigenvalue weighted by atomic mass is 16.2. The molecule has 1 aliphatic carbocycles. The molecular formula is C20H26N8O2. The van der Waals surface area contributed by atoms with E-state index in [1.165, 1.54) is 12.7 Å². The van der Waals surface area contributed by atoms with Crippen LogP contribution >= 0.6 is 0 Å². The monoisotopic (exact) mass is 410 g/mol. The summed E-state index contributed by atoms with van der Waals surface area (Å²) in [6, 6.07) is 1.90. The lowest BCUT2D eigenvalue weighted by Crippen LogP contribution is -2.53. The zero-order valence-corrected chi connectivity index (χ0v) is 16.9. The van der Waals surface area contributed by atoms with Gasteiger partial charge in [0, 0.05) is 57.2 Å². The lowest BCUT2D eigenvalue weighted by Gasteiger charge is -2.39. The molecule has 30 heavy (non-hydrogen) atoms. The van der Waals surface area contributed by atoms with E-state index in [1.54, 1.807) is 11.0 Å². The first kappa shape index (κ1) is 19.0. The van der Waals surface area contributed by atoms with Gasteiger partial charge in [-0.3, -0.25) is 9.59 Å². The fourth-order valence-electron chi connectivity index (χ4n) is 4.31. The van der Waals surface area contributed by atoms with Gasteiger partial charge in [-0.05, 0) is 25.7 Å². The van der Waals surface area contributed by atoms with Crippen molar-refractivity contribution in [2.45, 2.75) is 25.7 Å². The number of carbonyl (C=O) groups is 2. The van der Waals surface area contributed by atoms with Gasteiger partial charge in [0.2, 0.25) is 11.8 Å². The van der Waals surface area contributed by atoms with Gasteiger partial charge in [0.1, 0.15) is 24.8 Å². The summed E-state index contributed by atoms with van der Waals surface area (Å²) in [7, 11) is 0. The van der Waals surface area contributed by atoms with Gasteiger partial charge in [0.25, 0.3) is 0 Å². The molecule has 0 aromatic carbocycles. The van der Waals surface area contributed by atoms with Crippen molar-refractivity contribution in [3.05, 3.63) is 25.0 Å². The Kier molecular flexibility index (Phi) is 5.06. The zero-order chi connectivity index (χ0) is 20.5. The molecule has 5 rings (SSSR count). The molecule has 10 nitrogen and oxygen atoms in total. The van der Waals surface area contributed by atoms with Crippen LogP contribution in [0.3, 0.4) is 0 Å². The highest BCUT2D eigenvalue weighted by molar-refractivity contribution is 5.82. The number of nitrogens with zero attached hydrogens (tertiary/aromatic N) is 8. The molecule has 0 bridgehead atoms. The van der Waals surface area contributed by atoms with Gasteiger partial charge in [-0.25, -0.2) is 19.6 Å². The normalized spacial score (nSPS) is 20.5. The molecule has 2 aromatic heterocycles. The second kappa shape index (κ2) is 8.00. The Bertz CT molecular complexity index is 897. The maximum Gasteiger partial charge on any atom is 0.225 e. The van der Waals surface area contributed by atoms with Crippen LogP contribution < -0.4 is 4.90 Å². The Hall–Kier alpha value is -3.04. The Morgan fingerprint density at radius 1 is 0.767 bits per heavy atom. The van der Waals surface area contributed by atoms with E-state index in [0.29, 0.717) is 32.0 Å². The maximum absolute atomic E-state index is 13.0. The molecule has 4 heterocycles. The Balaban J connectivity index is 1.14. The van der Waals surface area contributed by atoms with Crippen LogP contribution in [-0.2, 0) is 9.59 Å². The Morgan fingerprint density at radius 3 is 1.93 bits per heavy atom. The summed E-state index contributed by atoms with van der Waals surface area (Å²) in [5.41, 5.74) is 0. The average molecular weight is 410 g/mol. The van der Waals surface area contributed by atoms with Gasteiger partial charge in [-0.1, -0.05) is 0 Å². The van der Waals surface area contributed by atoms with Gasteiger partial charge in [-0.2, -0.15) is 5.10 Å². The second-order valence-electron chi connectivity index (χ2n) is 8.26. The second-order valence-corrected chi connectivity index (χ2v) is 8.26. The lowest BCUT2D eigenvalue weighted by atomic mass is 9.95. The number of piperazine rings is 1. The van der Waals surface area contributed by atoms with Gasteiger partial charge in [0.05, 0.1) is 0 Å². The molecule has 3 aliphatic rings. The van der Waals surface area contributed by atoms with Crippen LogP contribution in [-0.4, -0.2) is 85.6 Å². The number of piperidine rings is 1. The van der Waals surface area contributed by atoms with Crippen LogP contribution in [0.2, 0.25) is 0 Å². The summed E-state index contributed by atoms with van der Waals surface area (Å²) in [6.07, 6.45) is 8.29. The molecule has 3 fully saturated rings. The third-order valence-corrected chi connectivity index (χ3v) is 6.29. The van der Waals surface area contributed by atoms with E-state index in [0.717, 1.165) is 44.6 Å². The number of anilines is 1. The minimum atomic E-state index is 0.0450. The van der Waals surface area contributed by atoms with Crippen LogP contribution in [0.1, 0.15) is 25.7 Å². The number of rotatable bonds is 4. The van der Waals surface area contributed by atoms with Crippen molar-refractivity contribution in [2.75, 3.05) is 44.2 Å². The Morgan fingerprint density at radius 2 is 1.37 bits per heavy atom. The predicted octanol–water partition coefficient (Wildman–Crippen LogP) is 0.355. The molecule has 0 radical (unpaired) electrons. The fraction of sp³-hybridized carbons (Fsp3) is 0.600. The summed E-state index contributed by atoms with van der Waals surface area (Å²) in [5, 5.41) is 4.11. The van der Waals surface area contributed by atoms with E-state index < -0.39 is 0 Å². The van der Waals surface area contributed by atoms with E-state index in [1.807, 2.05) is 15.9 Å². The van der Waals surface area contributed by atoms with E-state index in [4.69, 9.17) is 0 Å². The van der Waals surface area contributed by atoms with Crippen molar-refractivity contribution in [2.24, 2.45) is 11.8 Å². The maximum atomic E-state index is 13.0. The molecular weight excluding hydrogens is 384 g/mol. The lowest BCUT2D eigenvalue weighted by molar-refractivity contribution is -0.143. The van der Waals surface area contributed by atoms with Crippen molar-refractivity contribution >= 4 is 17.6 Å². The molecule has 0 N–H and O–H groups in total. The van der Waals surface area contributed by atoms with Gasteiger partial charge in [-0.15, -0.1) is 0 Å². The van der Waals surface area contributed by atoms with Crippen LogP contribution in [0, 0.1) is 11.8 Å². The molecule has 10 heteroatoms. The first-order valence-corrected chi connectivity index (χ1v) is 10.7. The summed E-state index contributed by atoms with van der Waals surface area (Å²) >= 11 is 0. The summed E-state index contributed by atoms with van der Waals surface area (Å²) < 4.78 is 1.61. The smallest absolute Gasteiger partial charge is 0.225 e. The molecule has 158 valence electrons. The molecule has 2 aliphatic heterocycles. The Labute approximate surface area is 174 Å². The quantitative estimate of drug-likeness (QED) is 0.717. The van der Waals surface area contributed by atoms with E-state index >= 15 is 0 Å². The molecule has 2 amide bonds. The third-order valence-electron chi connectivity index (χ3n) is 6.29. The van der Waals surface area contributed by atoms with Crippen LogP contribution in [0.5, 0.6) is 0 Å². The van der Waals surface area contributed by atoms with Gasteiger partial charge < -0.3 is 14.7 Å². The standard InChI is InChI=1S/C20H26N8O2/c29-19(15-1-2-15)26-7-9-27(10-8-26)20(30)16-3-5-25(6-4-16)17-11-18(23-13-22-17)28-14-21-12-24-28/h11-16H,1-10H2. The van der Waals surface area contributed by atoms with Crippen molar-refractivity contribution in [3.8, 4) is 5.82 Å². The largest absolute Gasteiger partial charge is 0.356 e. The van der Waals surface area contributed by atoms with Crippen molar-refractivity contribution in [1.29, 1.82) is 0 Å². The van der Waals surface area contributed by atoms with Gasteiger partial charge >= 0.3 is 0 Å². The average Bonchev–Trinajstić information content (AvgIpc) is 3.52. The fourth-order valence-corrected chi connectivity index (χ4v) is 4.31. The molecule has 1 saturated carbocycles. The summed E-state index contributed by atoms with van der Waals surface area (Å²) in [4.78, 5) is 43.9. The number of hydrogen-bond acceptors (Lipinski definition) is 7. The first-order valence-electron chi connectivity index (χ1n) is 10.7. The van der Waals surface area contributed by atoms with Gasteiger partial charge in [0.15, 0.2) is 5.82 Å². The summed E-state index contributed by atoms with van der Waals surface area (Å²) in [5.74, 6) is 2.33. The molecule has 0 spiro atoms. The minimum Gasteiger partial charge on any atom is -0.356 e. The van der Waals surface area contributed by atoms with Crippen LogP contribution in [0.25, 0.3) is 5.82 Å². The minimum absolute atomic E-state index is 0.0450. The zero-order valence-electron chi connectivity index (χ0n) is 16.9. The topological polar surface area (TPSA) is 100 Å². The molecule has 0 atom stereocenters. The van der Waals surface area contributed by atoms with E-state index in [-0.39, 0.29) is 23.7 Å². The van der Waals surface area contributed by atoms with Crippen molar-refractivity contribution in [1.82, 2.24) is 34.5 Å². The first-order chi connectivity index (χ1) is 14.7. The SMILES string of the molecule is O=C(C1CC1)N1CCN(C(=O)C2CCN(c3cc(-n4cncn4)ncn3)CC2)CC1.